The number of ketones is 1. The predicted octanol–water partition coefficient (Wildman–Crippen LogP) is 3.96. The van der Waals surface area contributed by atoms with Crippen LogP contribution in [0.4, 0.5) is 0 Å². The molecule has 0 radical (unpaired) electrons. The van der Waals surface area contributed by atoms with Crippen molar-refractivity contribution in [2.75, 3.05) is 6.61 Å². The van der Waals surface area contributed by atoms with Crippen molar-refractivity contribution in [2.45, 2.75) is 32.6 Å². The van der Waals surface area contributed by atoms with Crippen LogP contribution in [-0.4, -0.2) is 28.6 Å². The first-order valence-corrected chi connectivity index (χ1v) is 8.71. The van der Waals surface area contributed by atoms with Crippen LogP contribution in [0.25, 0.3) is 0 Å². The zero-order valence-corrected chi connectivity index (χ0v) is 15.1. The summed E-state index contributed by atoms with van der Waals surface area (Å²) in [4.78, 5) is 23.8. The molecule has 0 atom stereocenters. The number of aromatic hydroxyl groups is 1. The van der Waals surface area contributed by atoms with E-state index in [-0.39, 0.29) is 22.4 Å². The third kappa shape index (κ3) is 5.08. The molecule has 0 aliphatic rings. The van der Waals surface area contributed by atoms with Crippen molar-refractivity contribution in [1.82, 2.24) is 0 Å². The minimum Gasteiger partial charge on any atom is -0.507 e. The number of aromatic carboxylic acids is 1. The van der Waals surface area contributed by atoms with Crippen LogP contribution in [0.2, 0.25) is 0 Å². The molecule has 140 valence electrons. The van der Waals surface area contributed by atoms with E-state index in [1.807, 2.05) is 6.92 Å². The molecule has 0 heterocycles. The van der Waals surface area contributed by atoms with Gasteiger partial charge in [0.1, 0.15) is 11.5 Å². The van der Waals surface area contributed by atoms with Crippen LogP contribution in [0.5, 0.6) is 11.5 Å². The van der Waals surface area contributed by atoms with Crippen molar-refractivity contribution in [3.8, 4) is 17.6 Å². The lowest BCUT2D eigenvalue weighted by Crippen LogP contribution is -2.07. The number of carbonyl (C=O) groups excluding carboxylic acids is 1. The lowest BCUT2D eigenvalue weighted by Gasteiger charge is -2.13. The van der Waals surface area contributed by atoms with E-state index in [0.717, 1.165) is 18.4 Å². The smallest absolute Gasteiger partial charge is 0.335 e. The average Bonchev–Trinajstić information content (AvgIpc) is 2.67. The molecule has 0 aliphatic heterocycles. The number of carbonyl (C=O) groups is 2. The van der Waals surface area contributed by atoms with Gasteiger partial charge in [-0.25, -0.2) is 4.79 Å². The highest BCUT2D eigenvalue weighted by Gasteiger charge is 2.18. The lowest BCUT2D eigenvalue weighted by molar-refractivity contribution is 0.0697. The summed E-state index contributed by atoms with van der Waals surface area (Å²) in [6.07, 6.45) is 2.53. The fourth-order valence-corrected chi connectivity index (χ4v) is 2.64. The van der Waals surface area contributed by atoms with E-state index in [4.69, 9.17) is 15.1 Å². The van der Waals surface area contributed by atoms with Gasteiger partial charge < -0.3 is 14.9 Å². The Morgan fingerprint density at radius 3 is 2.56 bits per heavy atom. The molecule has 0 saturated carbocycles. The summed E-state index contributed by atoms with van der Waals surface area (Å²) in [5.41, 5.74) is 1.07. The highest BCUT2D eigenvalue weighted by molar-refractivity contribution is 6.11. The van der Waals surface area contributed by atoms with E-state index in [0.29, 0.717) is 25.2 Å². The molecule has 2 rings (SSSR count). The molecule has 0 aliphatic carbocycles. The first-order chi connectivity index (χ1) is 13.0. The van der Waals surface area contributed by atoms with Crippen molar-refractivity contribution in [3.05, 3.63) is 58.7 Å². The second-order valence-electron chi connectivity index (χ2n) is 6.01. The van der Waals surface area contributed by atoms with Crippen LogP contribution >= 0.6 is 0 Å². The fourth-order valence-electron chi connectivity index (χ4n) is 2.64. The van der Waals surface area contributed by atoms with E-state index in [2.05, 4.69) is 6.07 Å². The lowest BCUT2D eigenvalue weighted by atomic mass is 9.97. The van der Waals surface area contributed by atoms with E-state index < -0.39 is 11.8 Å². The summed E-state index contributed by atoms with van der Waals surface area (Å²) in [5, 5.41) is 27.9. The average molecular weight is 367 g/mol. The van der Waals surface area contributed by atoms with Crippen LogP contribution in [-0.2, 0) is 6.42 Å². The number of carboxylic acids is 1. The Kier molecular flexibility index (Phi) is 6.95. The number of aryl methyl sites for hydroxylation is 1. The van der Waals surface area contributed by atoms with Gasteiger partial charge in [0.05, 0.1) is 23.8 Å². The number of phenols is 1. The molecule has 27 heavy (non-hydrogen) atoms. The maximum atomic E-state index is 12.7. The molecule has 6 nitrogen and oxygen atoms in total. The Labute approximate surface area is 157 Å². The largest absolute Gasteiger partial charge is 0.507 e. The van der Waals surface area contributed by atoms with E-state index >= 15 is 0 Å². The van der Waals surface area contributed by atoms with Gasteiger partial charge in [0, 0.05) is 18.1 Å². The third-order valence-corrected chi connectivity index (χ3v) is 4.12. The summed E-state index contributed by atoms with van der Waals surface area (Å²) in [5.74, 6) is -1.29. The molecule has 2 aromatic carbocycles. The van der Waals surface area contributed by atoms with Crippen molar-refractivity contribution >= 4 is 11.8 Å². The van der Waals surface area contributed by atoms with Gasteiger partial charge in [-0.1, -0.05) is 19.1 Å². The SMILES string of the molecule is CCc1cc(C(=O)c2cccc(C(=O)O)c2)c(O)cc1OCCCCC#N. The molecule has 2 aromatic rings. The van der Waals surface area contributed by atoms with Crippen LogP contribution in [0, 0.1) is 11.3 Å². The molecule has 6 heteroatoms. The highest BCUT2D eigenvalue weighted by Crippen LogP contribution is 2.31. The number of carboxylic acid groups (broad SMARTS) is 1. The molecule has 2 N–H and O–H groups in total. The van der Waals surface area contributed by atoms with Crippen LogP contribution in [0.3, 0.4) is 0 Å². The molecule has 0 spiro atoms. The number of hydrogen-bond donors (Lipinski definition) is 2. The first kappa shape index (κ1) is 20.0. The van der Waals surface area contributed by atoms with Gasteiger partial charge in [-0.3, -0.25) is 4.79 Å². The Hall–Kier alpha value is -3.33. The van der Waals surface area contributed by atoms with Gasteiger partial charge in [0.25, 0.3) is 0 Å². The van der Waals surface area contributed by atoms with Gasteiger partial charge >= 0.3 is 5.97 Å². The summed E-state index contributed by atoms with van der Waals surface area (Å²) in [7, 11) is 0. The standard InChI is InChI=1S/C21H21NO5/c1-2-14-12-17(18(23)13-19(14)27-10-5-3-4-9-22)20(24)15-7-6-8-16(11-15)21(25)26/h6-8,11-13,23H,2-5,10H2,1H3,(H,25,26). The fraction of sp³-hybridized carbons (Fsp3) is 0.286. The summed E-state index contributed by atoms with van der Waals surface area (Å²) in [6, 6.07) is 10.8. The number of nitriles is 1. The first-order valence-electron chi connectivity index (χ1n) is 8.71. The van der Waals surface area contributed by atoms with Crippen molar-refractivity contribution in [1.29, 1.82) is 5.26 Å². The minimum atomic E-state index is -1.12. The molecule has 0 bridgehead atoms. The normalized spacial score (nSPS) is 10.2. The van der Waals surface area contributed by atoms with Gasteiger partial charge in [0.15, 0.2) is 5.78 Å². The molecule has 0 unspecified atom stereocenters. The zero-order chi connectivity index (χ0) is 19.8. The highest BCUT2D eigenvalue weighted by atomic mass is 16.5. The molecule has 0 saturated heterocycles. The van der Waals surface area contributed by atoms with Gasteiger partial charge in [-0.05, 0) is 43.0 Å². The minimum absolute atomic E-state index is 0.00776. The molecular formula is C21H21NO5. The second kappa shape index (κ2) is 9.39. The number of rotatable bonds is 9. The monoisotopic (exact) mass is 367 g/mol. The van der Waals surface area contributed by atoms with Crippen molar-refractivity contribution in [3.63, 3.8) is 0 Å². The van der Waals surface area contributed by atoms with E-state index in [1.54, 1.807) is 6.07 Å². The molecular weight excluding hydrogens is 346 g/mol. The Balaban J connectivity index is 2.25. The number of nitrogens with zero attached hydrogens (tertiary/aromatic N) is 1. The predicted molar refractivity (Wildman–Crippen MR) is 99.3 cm³/mol. The summed E-state index contributed by atoms with van der Waals surface area (Å²) in [6.45, 7) is 2.33. The maximum absolute atomic E-state index is 12.7. The van der Waals surface area contributed by atoms with Crippen LogP contribution < -0.4 is 4.74 Å². The topological polar surface area (TPSA) is 108 Å². The van der Waals surface area contributed by atoms with Crippen molar-refractivity contribution in [2.24, 2.45) is 0 Å². The number of hydrogen-bond acceptors (Lipinski definition) is 5. The Morgan fingerprint density at radius 2 is 1.89 bits per heavy atom. The maximum Gasteiger partial charge on any atom is 0.335 e. The van der Waals surface area contributed by atoms with Crippen LogP contribution in [0.1, 0.15) is 58.0 Å². The van der Waals surface area contributed by atoms with Crippen molar-refractivity contribution < 1.29 is 24.5 Å². The zero-order valence-electron chi connectivity index (χ0n) is 15.1. The Bertz CT molecular complexity index is 883. The molecule has 0 amide bonds. The van der Waals surface area contributed by atoms with Gasteiger partial charge in [-0.15, -0.1) is 0 Å². The Morgan fingerprint density at radius 1 is 1.15 bits per heavy atom. The van der Waals surface area contributed by atoms with Crippen LogP contribution in [0.15, 0.2) is 36.4 Å². The second-order valence-corrected chi connectivity index (χ2v) is 6.01. The number of unbranched alkanes of at least 4 members (excludes halogenated alkanes) is 2. The number of phenolic OH excluding ortho intramolecular Hbond substituents is 1. The number of benzene rings is 2. The van der Waals surface area contributed by atoms with E-state index in [9.17, 15) is 14.7 Å². The molecule has 0 fully saturated rings. The van der Waals surface area contributed by atoms with Gasteiger partial charge in [-0.2, -0.15) is 5.26 Å². The molecule has 0 aromatic heterocycles. The summed E-state index contributed by atoms with van der Waals surface area (Å²) < 4.78 is 5.69. The number of ether oxygens (including phenoxy) is 1. The van der Waals surface area contributed by atoms with E-state index in [1.165, 1.54) is 30.3 Å². The quantitative estimate of drug-likeness (QED) is 0.513. The third-order valence-electron chi connectivity index (χ3n) is 4.12. The summed E-state index contributed by atoms with van der Waals surface area (Å²) >= 11 is 0. The van der Waals surface area contributed by atoms with Gasteiger partial charge in [0.2, 0.25) is 0 Å².